The number of aromatic nitrogens is 1. The van der Waals surface area contributed by atoms with E-state index in [1.54, 1.807) is 18.2 Å². The highest BCUT2D eigenvalue weighted by Crippen LogP contribution is 2.23. The lowest BCUT2D eigenvalue weighted by Gasteiger charge is -2.15. The first kappa shape index (κ1) is 18.3. The van der Waals surface area contributed by atoms with E-state index in [0.29, 0.717) is 17.0 Å². The molecule has 1 amide bonds. The van der Waals surface area contributed by atoms with E-state index in [0.717, 1.165) is 0 Å². The molecule has 0 radical (unpaired) electrons. The van der Waals surface area contributed by atoms with E-state index in [-0.39, 0.29) is 18.4 Å². The zero-order chi connectivity index (χ0) is 19.4. The van der Waals surface area contributed by atoms with Gasteiger partial charge in [0.15, 0.2) is 0 Å². The molecule has 0 unspecified atom stereocenters. The molecule has 1 aromatic heterocycles. The molecule has 7 heteroatoms. The fraction of sp³-hybridized carbons (Fsp3) is 0.100. The predicted molar refractivity (Wildman–Crippen MR) is 95.9 cm³/mol. The van der Waals surface area contributed by atoms with Crippen molar-refractivity contribution in [2.75, 3.05) is 5.43 Å². The van der Waals surface area contributed by atoms with Crippen LogP contribution < -0.4 is 5.43 Å². The maximum Gasteiger partial charge on any atom is 0.303 e. The summed E-state index contributed by atoms with van der Waals surface area (Å²) in [6.07, 6.45) is 0.0243. The number of amides is 1. The Labute approximate surface area is 153 Å². The number of carbonyl (C=O) groups excluding carboxylic acids is 1. The van der Waals surface area contributed by atoms with Gasteiger partial charge in [0.1, 0.15) is 11.6 Å². The number of nitrogens with one attached hydrogen (secondary N) is 1. The van der Waals surface area contributed by atoms with Gasteiger partial charge in [-0.25, -0.2) is 8.78 Å². The number of carboxylic acid groups (broad SMARTS) is 1. The van der Waals surface area contributed by atoms with Gasteiger partial charge in [-0.2, -0.15) is 0 Å². The molecule has 0 aliphatic carbocycles. The molecule has 2 N–H and O–H groups in total. The van der Waals surface area contributed by atoms with Crippen LogP contribution in [-0.2, 0) is 11.2 Å². The number of aryl methyl sites for hydroxylation is 1. The van der Waals surface area contributed by atoms with Crippen molar-refractivity contribution in [3.8, 4) is 11.3 Å². The Morgan fingerprint density at radius 1 is 0.963 bits per heavy atom. The van der Waals surface area contributed by atoms with E-state index in [1.165, 1.54) is 47.1 Å². The molecule has 0 atom stereocenters. The minimum atomic E-state index is -0.980. The van der Waals surface area contributed by atoms with Gasteiger partial charge < -0.3 is 5.11 Å². The van der Waals surface area contributed by atoms with Gasteiger partial charge in [-0.1, -0.05) is 12.1 Å². The van der Waals surface area contributed by atoms with Gasteiger partial charge >= 0.3 is 5.97 Å². The molecule has 3 aromatic rings. The van der Waals surface area contributed by atoms with Gasteiger partial charge in [-0.05, 0) is 48.5 Å². The Morgan fingerprint density at radius 3 is 2.33 bits per heavy atom. The molecular formula is C20H16F2N2O3. The fourth-order valence-electron chi connectivity index (χ4n) is 2.69. The quantitative estimate of drug-likeness (QED) is 0.693. The summed E-state index contributed by atoms with van der Waals surface area (Å²) in [5, 5.41) is 8.93. The molecule has 2 aromatic carbocycles. The van der Waals surface area contributed by atoms with Crippen molar-refractivity contribution >= 4 is 11.9 Å². The number of hydrogen-bond acceptors (Lipinski definition) is 2. The molecule has 1 heterocycles. The molecule has 0 bridgehead atoms. The maximum absolute atomic E-state index is 13.9. The van der Waals surface area contributed by atoms with E-state index in [9.17, 15) is 18.4 Å². The number of hydrogen-bond donors (Lipinski definition) is 2. The second-order valence-electron chi connectivity index (χ2n) is 5.87. The minimum absolute atomic E-state index is 0.136. The monoisotopic (exact) mass is 370 g/mol. The average molecular weight is 370 g/mol. The van der Waals surface area contributed by atoms with Gasteiger partial charge in [-0.15, -0.1) is 0 Å². The lowest BCUT2D eigenvalue weighted by atomic mass is 10.1. The van der Waals surface area contributed by atoms with Crippen LogP contribution >= 0.6 is 0 Å². The largest absolute Gasteiger partial charge is 0.481 e. The number of rotatable bonds is 6. The molecule has 0 aliphatic rings. The molecular weight excluding hydrogens is 354 g/mol. The number of nitrogens with zero attached hydrogens (tertiary/aromatic N) is 1. The van der Waals surface area contributed by atoms with Crippen molar-refractivity contribution in [2.24, 2.45) is 0 Å². The maximum atomic E-state index is 13.9. The second-order valence-corrected chi connectivity index (χ2v) is 5.87. The molecule has 5 nitrogen and oxygen atoms in total. The highest BCUT2D eigenvalue weighted by atomic mass is 19.1. The Kier molecular flexibility index (Phi) is 5.30. The summed E-state index contributed by atoms with van der Waals surface area (Å²) in [7, 11) is 0. The normalized spacial score (nSPS) is 10.6. The highest BCUT2D eigenvalue weighted by Gasteiger charge is 2.17. The lowest BCUT2D eigenvalue weighted by molar-refractivity contribution is -0.136. The number of benzene rings is 2. The first-order valence-corrected chi connectivity index (χ1v) is 8.20. The number of carboxylic acids is 1. The smallest absolute Gasteiger partial charge is 0.303 e. The van der Waals surface area contributed by atoms with E-state index < -0.39 is 23.5 Å². The summed E-state index contributed by atoms with van der Waals surface area (Å²) >= 11 is 0. The zero-order valence-electron chi connectivity index (χ0n) is 14.2. The molecule has 138 valence electrons. The van der Waals surface area contributed by atoms with Gasteiger partial charge in [0.2, 0.25) is 0 Å². The van der Waals surface area contributed by atoms with Gasteiger partial charge in [0.25, 0.3) is 5.91 Å². The zero-order valence-corrected chi connectivity index (χ0v) is 14.2. The fourth-order valence-corrected chi connectivity index (χ4v) is 2.69. The van der Waals surface area contributed by atoms with Crippen molar-refractivity contribution in [1.29, 1.82) is 0 Å². The average Bonchev–Trinajstić information content (AvgIpc) is 3.03. The number of aliphatic carboxylic acids is 1. The van der Waals surface area contributed by atoms with Crippen LogP contribution in [0.2, 0.25) is 0 Å². The lowest BCUT2D eigenvalue weighted by Crippen LogP contribution is -2.26. The highest BCUT2D eigenvalue weighted by molar-refractivity contribution is 6.00. The third-order valence-electron chi connectivity index (χ3n) is 4.03. The van der Waals surface area contributed by atoms with E-state index in [2.05, 4.69) is 5.43 Å². The summed E-state index contributed by atoms with van der Waals surface area (Å²) in [4.78, 5) is 23.4. The second kappa shape index (κ2) is 7.82. The summed E-state index contributed by atoms with van der Waals surface area (Å²) < 4.78 is 28.5. The topological polar surface area (TPSA) is 71.3 Å². The van der Waals surface area contributed by atoms with Crippen molar-refractivity contribution in [1.82, 2.24) is 4.68 Å². The van der Waals surface area contributed by atoms with Gasteiger partial charge in [-0.3, -0.25) is 19.7 Å². The van der Waals surface area contributed by atoms with Gasteiger partial charge in [0.05, 0.1) is 17.7 Å². The molecule has 0 aliphatic heterocycles. The van der Waals surface area contributed by atoms with Gasteiger partial charge in [0, 0.05) is 17.7 Å². The molecule has 27 heavy (non-hydrogen) atoms. The Hall–Kier alpha value is -3.48. The van der Waals surface area contributed by atoms with Crippen LogP contribution in [0.25, 0.3) is 11.3 Å². The van der Waals surface area contributed by atoms with Crippen LogP contribution in [0.3, 0.4) is 0 Å². The van der Waals surface area contributed by atoms with Crippen molar-refractivity contribution in [3.05, 3.63) is 83.6 Å². The Bertz CT molecular complexity index is 981. The summed E-state index contributed by atoms with van der Waals surface area (Å²) in [5.74, 6) is -2.73. The molecule has 0 fully saturated rings. The Morgan fingerprint density at radius 2 is 1.67 bits per heavy atom. The van der Waals surface area contributed by atoms with Crippen LogP contribution in [0, 0.1) is 11.6 Å². The van der Waals surface area contributed by atoms with Crippen LogP contribution in [-0.4, -0.2) is 21.7 Å². The first-order chi connectivity index (χ1) is 13.0. The first-order valence-electron chi connectivity index (χ1n) is 8.20. The standard InChI is InChI=1S/C20H16F2N2O3/c21-14-7-5-13(6-8-14)18-11-9-15(10-12-19(25)26)24(18)23-20(27)16-3-1-2-4-17(16)22/h1-9,11H,10,12H2,(H,23,27)(H,25,26). The minimum Gasteiger partial charge on any atom is -0.481 e. The van der Waals surface area contributed by atoms with Crippen molar-refractivity contribution in [2.45, 2.75) is 12.8 Å². The third-order valence-corrected chi connectivity index (χ3v) is 4.03. The SMILES string of the molecule is O=C(O)CCc1ccc(-c2ccc(F)cc2)n1NC(=O)c1ccccc1F. The van der Waals surface area contributed by atoms with Crippen molar-refractivity contribution in [3.63, 3.8) is 0 Å². The van der Waals surface area contributed by atoms with Crippen LogP contribution in [0.5, 0.6) is 0 Å². The van der Waals surface area contributed by atoms with E-state index in [4.69, 9.17) is 5.11 Å². The number of carbonyl (C=O) groups is 2. The summed E-state index contributed by atoms with van der Waals surface area (Å²) in [6, 6.07) is 14.5. The van der Waals surface area contributed by atoms with E-state index >= 15 is 0 Å². The van der Waals surface area contributed by atoms with E-state index in [1.807, 2.05) is 0 Å². The Balaban J connectivity index is 1.98. The van der Waals surface area contributed by atoms with Crippen LogP contribution in [0.4, 0.5) is 8.78 Å². The molecule has 0 saturated heterocycles. The van der Waals surface area contributed by atoms with Crippen LogP contribution in [0.1, 0.15) is 22.5 Å². The van der Waals surface area contributed by atoms with Crippen molar-refractivity contribution < 1.29 is 23.5 Å². The van der Waals surface area contributed by atoms with Crippen LogP contribution in [0.15, 0.2) is 60.7 Å². The summed E-state index contributed by atoms with van der Waals surface area (Å²) in [5.41, 5.74) is 4.14. The molecule has 0 saturated carbocycles. The summed E-state index contributed by atoms with van der Waals surface area (Å²) in [6.45, 7) is 0. The third kappa shape index (κ3) is 4.20. The molecule has 3 rings (SSSR count). The molecule has 0 spiro atoms. The predicted octanol–water partition coefficient (Wildman–Crippen LogP) is 3.83. The number of halogens is 2.